The maximum Gasteiger partial charge on any atom is 0.253 e. The molecule has 0 atom stereocenters. The highest BCUT2D eigenvalue weighted by Gasteiger charge is 2.19. The summed E-state index contributed by atoms with van der Waals surface area (Å²) in [5, 5.41) is 2.91. The Morgan fingerprint density at radius 3 is 2.33 bits per heavy atom. The molecule has 0 radical (unpaired) electrons. The molecule has 0 aromatic heterocycles. The van der Waals surface area contributed by atoms with E-state index in [-0.39, 0.29) is 11.8 Å². The molecule has 2 aromatic rings. The van der Waals surface area contributed by atoms with E-state index < -0.39 is 0 Å². The van der Waals surface area contributed by atoms with Crippen LogP contribution in [0.25, 0.3) is 0 Å². The van der Waals surface area contributed by atoms with E-state index in [2.05, 4.69) is 11.4 Å². The van der Waals surface area contributed by atoms with Gasteiger partial charge in [0.2, 0.25) is 0 Å². The fourth-order valence-electron chi connectivity index (χ4n) is 2.97. The van der Waals surface area contributed by atoms with E-state index >= 15 is 0 Å². The molecule has 4 heteroatoms. The third-order valence-electron chi connectivity index (χ3n) is 4.32. The van der Waals surface area contributed by atoms with Crippen molar-refractivity contribution in [3.05, 3.63) is 70.8 Å². The predicted octanol–water partition coefficient (Wildman–Crippen LogP) is 3.16. The SMILES string of the molecule is Cc1cccc(CNC(=O)c2ccc(C(=O)N3CCCC3)cc2)c1. The van der Waals surface area contributed by atoms with E-state index in [0.717, 1.165) is 31.5 Å². The van der Waals surface area contributed by atoms with Gasteiger partial charge in [-0.1, -0.05) is 29.8 Å². The maximum absolute atomic E-state index is 12.3. The van der Waals surface area contributed by atoms with Crippen LogP contribution in [-0.2, 0) is 6.54 Å². The van der Waals surface area contributed by atoms with Gasteiger partial charge in [0.15, 0.2) is 0 Å². The van der Waals surface area contributed by atoms with Crippen molar-refractivity contribution >= 4 is 11.8 Å². The van der Waals surface area contributed by atoms with Crippen molar-refractivity contribution in [2.75, 3.05) is 13.1 Å². The summed E-state index contributed by atoms with van der Waals surface area (Å²) in [7, 11) is 0. The number of aryl methyl sites for hydroxylation is 1. The molecule has 0 saturated carbocycles. The summed E-state index contributed by atoms with van der Waals surface area (Å²) >= 11 is 0. The van der Waals surface area contributed by atoms with Gasteiger partial charge in [0.1, 0.15) is 0 Å². The van der Waals surface area contributed by atoms with Gasteiger partial charge in [-0.15, -0.1) is 0 Å². The minimum atomic E-state index is -0.128. The number of benzene rings is 2. The van der Waals surface area contributed by atoms with Crippen molar-refractivity contribution in [1.82, 2.24) is 10.2 Å². The Balaban J connectivity index is 1.60. The zero-order valence-corrected chi connectivity index (χ0v) is 13.9. The number of hydrogen-bond acceptors (Lipinski definition) is 2. The molecule has 0 spiro atoms. The third-order valence-corrected chi connectivity index (χ3v) is 4.32. The first-order valence-corrected chi connectivity index (χ1v) is 8.36. The Morgan fingerprint density at radius 2 is 1.67 bits per heavy atom. The zero-order chi connectivity index (χ0) is 16.9. The Hall–Kier alpha value is -2.62. The molecule has 1 aliphatic rings. The Morgan fingerprint density at radius 1 is 1.00 bits per heavy atom. The summed E-state index contributed by atoms with van der Waals surface area (Å²) in [5.41, 5.74) is 3.46. The highest BCUT2D eigenvalue weighted by molar-refractivity contribution is 5.97. The second-order valence-electron chi connectivity index (χ2n) is 6.25. The molecule has 2 amide bonds. The minimum absolute atomic E-state index is 0.0548. The number of rotatable bonds is 4. The van der Waals surface area contributed by atoms with Gasteiger partial charge < -0.3 is 10.2 Å². The fourth-order valence-corrected chi connectivity index (χ4v) is 2.97. The summed E-state index contributed by atoms with van der Waals surface area (Å²) in [5.74, 6) is -0.0732. The van der Waals surface area contributed by atoms with E-state index in [1.807, 2.05) is 30.0 Å². The van der Waals surface area contributed by atoms with Crippen LogP contribution in [0.4, 0.5) is 0 Å². The second kappa shape index (κ2) is 7.30. The van der Waals surface area contributed by atoms with Crippen LogP contribution in [0.15, 0.2) is 48.5 Å². The van der Waals surface area contributed by atoms with E-state index in [0.29, 0.717) is 17.7 Å². The third kappa shape index (κ3) is 3.82. The summed E-state index contributed by atoms with van der Waals surface area (Å²) in [6, 6.07) is 15.0. The van der Waals surface area contributed by atoms with Crippen LogP contribution in [0.1, 0.15) is 44.7 Å². The molecular formula is C20H22N2O2. The first kappa shape index (κ1) is 16.2. The van der Waals surface area contributed by atoms with Gasteiger partial charge in [-0.2, -0.15) is 0 Å². The zero-order valence-electron chi connectivity index (χ0n) is 13.9. The van der Waals surface area contributed by atoms with Crippen molar-refractivity contribution < 1.29 is 9.59 Å². The van der Waals surface area contributed by atoms with Crippen LogP contribution in [0.3, 0.4) is 0 Å². The first-order valence-electron chi connectivity index (χ1n) is 8.36. The normalized spacial score (nSPS) is 13.8. The van der Waals surface area contributed by atoms with Gasteiger partial charge in [-0.3, -0.25) is 9.59 Å². The topological polar surface area (TPSA) is 49.4 Å². The van der Waals surface area contributed by atoms with Crippen LogP contribution >= 0.6 is 0 Å². The number of hydrogen-bond donors (Lipinski definition) is 1. The largest absolute Gasteiger partial charge is 0.348 e. The lowest BCUT2D eigenvalue weighted by molar-refractivity contribution is 0.0792. The lowest BCUT2D eigenvalue weighted by atomic mass is 10.1. The van der Waals surface area contributed by atoms with E-state index in [1.165, 1.54) is 5.56 Å². The van der Waals surface area contributed by atoms with Crippen molar-refractivity contribution in [2.45, 2.75) is 26.3 Å². The number of amides is 2. The molecule has 24 heavy (non-hydrogen) atoms. The highest BCUT2D eigenvalue weighted by Crippen LogP contribution is 2.14. The van der Waals surface area contributed by atoms with Crippen molar-refractivity contribution in [3.63, 3.8) is 0 Å². The standard InChI is InChI=1S/C20H22N2O2/c1-15-5-4-6-16(13-15)14-21-19(23)17-7-9-18(10-8-17)20(24)22-11-2-3-12-22/h4-10,13H,2-3,11-12,14H2,1H3,(H,21,23). The molecule has 0 aliphatic carbocycles. The van der Waals surface area contributed by atoms with Crippen LogP contribution in [0.2, 0.25) is 0 Å². The van der Waals surface area contributed by atoms with Gasteiger partial charge in [0.05, 0.1) is 0 Å². The average molecular weight is 322 g/mol. The molecule has 0 bridgehead atoms. The molecule has 1 N–H and O–H groups in total. The molecule has 3 rings (SSSR count). The van der Waals surface area contributed by atoms with Crippen molar-refractivity contribution in [3.8, 4) is 0 Å². The van der Waals surface area contributed by atoms with Gasteiger partial charge in [-0.25, -0.2) is 0 Å². The fraction of sp³-hybridized carbons (Fsp3) is 0.300. The number of carbonyl (C=O) groups excluding carboxylic acids is 2. The smallest absolute Gasteiger partial charge is 0.253 e. The van der Waals surface area contributed by atoms with Crippen molar-refractivity contribution in [2.24, 2.45) is 0 Å². The minimum Gasteiger partial charge on any atom is -0.348 e. The van der Waals surface area contributed by atoms with Crippen LogP contribution < -0.4 is 5.32 Å². The van der Waals surface area contributed by atoms with Gasteiger partial charge in [0.25, 0.3) is 11.8 Å². The number of carbonyl (C=O) groups is 2. The summed E-state index contributed by atoms with van der Waals surface area (Å²) in [4.78, 5) is 26.4. The quantitative estimate of drug-likeness (QED) is 0.940. The Bertz CT molecular complexity index is 732. The second-order valence-corrected chi connectivity index (χ2v) is 6.25. The number of nitrogens with zero attached hydrogens (tertiary/aromatic N) is 1. The molecule has 1 heterocycles. The van der Waals surface area contributed by atoms with Crippen LogP contribution in [-0.4, -0.2) is 29.8 Å². The Labute approximate surface area is 142 Å². The van der Waals surface area contributed by atoms with Crippen LogP contribution in [0.5, 0.6) is 0 Å². The molecular weight excluding hydrogens is 300 g/mol. The number of nitrogens with one attached hydrogen (secondary N) is 1. The molecule has 4 nitrogen and oxygen atoms in total. The molecule has 1 fully saturated rings. The van der Waals surface area contributed by atoms with Crippen molar-refractivity contribution in [1.29, 1.82) is 0 Å². The molecule has 124 valence electrons. The lowest BCUT2D eigenvalue weighted by Crippen LogP contribution is -2.27. The summed E-state index contributed by atoms with van der Waals surface area (Å²) in [6.07, 6.45) is 2.15. The predicted molar refractivity (Wildman–Crippen MR) is 93.9 cm³/mol. The molecule has 1 saturated heterocycles. The molecule has 2 aromatic carbocycles. The Kier molecular flexibility index (Phi) is 4.94. The van der Waals surface area contributed by atoms with Gasteiger partial charge in [-0.05, 0) is 49.6 Å². The lowest BCUT2D eigenvalue weighted by Gasteiger charge is -2.15. The van der Waals surface area contributed by atoms with Gasteiger partial charge >= 0.3 is 0 Å². The van der Waals surface area contributed by atoms with E-state index in [1.54, 1.807) is 24.3 Å². The number of likely N-dealkylation sites (tertiary alicyclic amines) is 1. The summed E-state index contributed by atoms with van der Waals surface area (Å²) < 4.78 is 0. The van der Waals surface area contributed by atoms with E-state index in [4.69, 9.17) is 0 Å². The van der Waals surface area contributed by atoms with E-state index in [9.17, 15) is 9.59 Å². The monoisotopic (exact) mass is 322 g/mol. The van der Waals surface area contributed by atoms with Crippen LogP contribution in [0, 0.1) is 6.92 Å². The molecule has 1 aliphatic heterocycles. The summed E-state index contributed by atoms with van der Waals surface area (Å²) in [6.45, 7) is 4.19. The first-order chi connectivity index (χ1) is 11.6. The average Bonchev–Trinajstić information content (AvgIpc) is 3.14. The molecule has 0 unspecified atom stereocenters. The maximum atomic E-state index is 12.3. The highest BCUT2D eigenvalue weighted by atomic mass is 16.2. The van der Waals surface area contributed by atoms with Gasteiger partial charge in [0, 0.05) is 30.8 Å².